The number of amides is 1. The third kappa shape index (κ3) is 4.93. The number of Topliss-reactive ketones (excluding diaryl/α,β-unsaturated/α-hetero) is 1. The number of aryl methyl sites for hydroxylation is 3. The number of carbonyl (C=O) groups excluding carboxylic acids is 2. The summed E-state index contributed by atoms with van der Waals surface area (Å²) in [6.07, 6.45) is 3.75. The summed E-state index contributed by atoms with van der Waals surface area (Å²) < 4.78 is 1.98. The van der Waals surface area contributed by atoms with E-state index in [1.807, 2.05) is 48.9 Å². The van der Waals surface area contributed by atoms with Gasteiger partial charge in [0.2, 0.25) is 5.91 Å². The minimum absolute atomic E-state index is 0.0351. The number of nitrogens with one attached hydrogen (secondary N) is 1. The van der Waals surface area contributed by atoms with E-state index in [1.165, 1.54) is 16.7 Å². The van der Waals surface area contributed by atoms with Crippen LogP contribution in [0.25, 0.3) is 0 Å². The van der Waals surface area contributed by atoms with E-state index in [4.69, 9.17) is 0 Å². The van der Waals surface area contributed by atoms with Crippen molar-refractivity contribution in [1.82, 2.24) is 15.1 Å². The molecule has 160 valence electrons. The van der Waals surface area contributed by atoms with Crippen LogP contribution >= 0.6 is 0 Å². The summed E-state index contributed by atoms with van der Waals surface area (Å²) in [6, 6.07) is 16.2. The first kappa shape index (κ1) is 21.0. The topological polar surface area (TPSA) is 64.0 Å². The summed E-state index contributed by atoms with van der Waals surface area (Å²) in [4.78, 5) is 24.9. The molecule has 31 heavy (non-hydrogen) atoms. The van der Waals surface area contributed by atoms with Crippen LogP contribution in [0, 0.1) is 13.8 Å². The largest absolute Gasteiger partial charge is 0.352 e. The van der Waals surface area contributed by atoms with Crippen molar-refractivity contribution in [3.8, 4) is 0 Å². The molecule has 0 fully saturated rings. The molecule has 1 amide bonds. The van der Waals surface area contributed by atoms with Gasteiger partial charge < -0.3 is 5.32 Å². The fourth-order valence-corrected chi connectivity index (χ4v) is 4.29. The maximum Gasteiger partial charge on any atom is 0.220 e. The highest BCUT2D eigenvalue weighted by Crippen LogP contribution is 2.23. The van der Waals surface area contributed by atoms with Crippen LogP contribution in [0.15, 0.2) is 48.5 Å². The third-order valence-corrected chi connectivity index (χ3v) is 6.17. The summed E-state index contributed by atoms with van der Waals surface area (Å²) in [5.74, 6) is -0.0722. The molecule has 4 rings (SSSR count). The van der Waals surface area contributed by atoms with Crippen molar-refractivity contribution in [1.29, 1.82) is 0 Å². The number of aromatic nitrogens is 2. The molecule has 5 nitrogen and oxygen atoms in total. The van der Waals surface area contributed by atoms with Gasteiger partial charge >= 0.3 is 0 Å². The predicted molar refractivity (Wildman–Crippen MR) is 121 cm³/mol. The molecule has 0 spiro atoms. The second-order valence-corrected chi connectivity index (χ2v) is 8.33. The fourth-order valence-electron chi connectivity index (χ4n) is 4.29. The predicted octanol–water partition coefficient (Wildman–Crippen LogP) is 4.32. The van der Waals surface area contributed by atoms with E-state index in [9.17, 15) is 9.59 Å². The summed E-state index contributed by atoms with van der Waals surface area (Å²) in [7, 11) is 0. The van der Waals surface area contributed by atoms with Gasteiger partial charge in [-0.3, -0.25) is 14.3 Å². The summed E-state index contributed by atoms with van der Waals surface area (Å²) in [5, 5.41) is 7.60. The van der Waals surface area contributed by atoms with Crippen LogP contribution in [0.1, 0.15) is 63.3 Å². The first-order valence-corrected chi connectivity index (χ1v) is 11.0. The van der Waals surface area contributed by atoms with Gasteiger partial charge in [0.1, 0.15) is 0 Å². The molecule has 1 N–H and O–H groups in total. The SMILES string of the molecule is Cc1nn(Cc2ccccc2)c(C)c1CNC(=O)CCC(=O)c1ccc2c(c1)CCC2. The molecule has 0 unspecified atom stereocenters. The monoisotopic (exact) mass is 415 g/mol. The molecular weight excluding hydrogens is 386 g/mol. The van der Waals surface area contributed by atoms with Crippen molar-refractivity contribution in [2.75, 3.05) is 0 Å². The van der Waals surface area contributed by atoms with Crippen molar-refractivity contribution in [3.63, 3.8) is 0 Å². The Labute approximate surface area is 183 Å². The van der Waals surface area contributed by atoms with Gasteiger partial charge in [-0.2, -0.15) is 5.10 Å². The minimum atomic E-state index is -0.107. The minimum Gasteiger partial charge on any atom is -0.352 e. The highest BCUT2D eigenvalue weighted by atomic mass is 16.2. The van der Waals surface area contributed by atoms with Crippen molar-refractivity contribution >= 4 is 11.7 Å². The standard InChI is InChI=1S/C26H29N3O2/c1-18-24(19(2)29(28-18)17-20-7-4-3-5-8-20)16-27-26(31)14-13-25(30)23-12-11-21-9-6-10-22(21)15-23/h3-5,7-8,11-12,15H,6,9-10,13-14,16-17H2,1-2H3,(H,27,31). The summed E-state index contributed by atoms with van der Waals surface area (Å²) in [5.41, 5.74) is 7.56. The molecule has 0 bridgehead atoms. The van der Waals surface area contributed by atoms with Crippen LogP contribution in [-0.2, 0) is 30.7 Å². The van der Waals surface area contributed by atoms with Crippen LogP contribution in [0.3, 0.4) is 0 Å². The van der Waals surface area contributed by atoms with Crippen LogP contribution in [-0.4, -0.2) is 21.5 Å². The first-order valence-electron chi connectivity index (χ1n) is 11.0. The smallest absolute Gasteiger partial charge is 0.220 e. The van der Waals surface area contributed by atoms with Gasteiger partial charge in [-0.05, 0) is 55.9 Å². The number of benzene rings is 2. The summed E-state index contributed by atoms with van der Waals surface area (Å²) in [6.45, 7) is 5.13. The Kier molecular flexibility index (Phi) is 6.31. The molecule has 0 saturated carbocycles. The highest BCUT2D eigenvalue weighted by molar-refractivity contribution is 5.98. The van der Waals surface area contributed by atoms with E-state index in [1.54, 1.807) is 0 Å². The molecule has 3 aromatic rings. The molecule has 0 saturated heterocycles. The fraction of sp³-hybridized carbons (Fsp3) is 0.346. The number of hydrogen-bond acceptors (Lipinski definition) is 3. The molecule has 1 heterocycles. The normalized spacial score (nSPS) is 12.6. The number of rotatable bonds is 8. The van der Waals surface area contributed by atoms with E-state index in [2.05, 4.69) is 28.6 Å². The molecular formula is C26H29N3O2. The average Bonchev–Trinajstić information content (AvgIpc) is 3.35. The van der Waals surface area contributed by atoms with E-state index >= 15 is 0 Å². The molecule has 0 atom stereocenters. The number of ketones is 1. The second kappa shape index (κ2) is 9.29. The third-order valence-electron chi connectivity index (χ3n) is 6.17. The Balaban J connectivity index is 1.30. The van der Waals surface area contributed by atoms with Gasteiger partial charge in [-0.1, -0.05) is 42.5 Å². The maximum absolute atomic E-state index is 12.5. The zero-order valence-electron chi connectivity index (χ0n) is 18.3. The van der Waals surface area contributed by atoms with Gasteiger partial charge in [0, 0.05) is 36.2 Å². The molecule has 1 aliphatic carbocycles. The van der Waals surface area contributed by atoms with Crippen molar-refractivity contribution in [2.24, 2.45) is 0 Å². The Morgan fingerprint density at radius 3 is 2.58 bits per heavy atom. The van der Waals surface area contributed by atoms with E-state index in [-0.39, 0.29) is 24.5 Å². The molecule has 0 radical (unpaired) electrons. The number of fused-ring (bicyclic) bond motifs is 1. The lowest BCUT2D eigenvalue weighted by Crippen LogP contribution is -2.24. The second-order valence-electron chi connectivity index (χ2n) is 8.33. The van der Waals surface area contributed by atoms with Crippen LogP contribution < -0.4 is 5.32 Å². The first-order chi connectivity index (χ1) is 15.0. The number of nitrogens with zero attached hydrogens (tertiary/aromatic N) is 2. The lowest BCUT2D eigenvalue weighted by molar-refractivity contribution is -0.121. The lowest BCUT2D eigenvalue weighted by atomic mass is 10.0. The van der Waals surface area contributed by atoms with Gasteiger partial charge in [-0.15, -0.1) is 0 Å². The Bertz CT molecular complexity index is 1100. The van der Waals surface area contributed by atoms with E-state index in [0.717, 1.165) is 41.8 Å². The highest BCUT2D eigenvalue weighted by Gasteiger charge is 2.16. The van der Waals surface area contributed by atoms with Crippen LogP contribution in [0.2, 0.25) is 0 Å². The van der Waals surface area contributed by atoms with Gasteiger partial charge in [0.05, 0.1) is 12.2 Å². The van der Waals surface area contributed by atoms with Crippen molar-refractivity contribution in [2.45, 2.75) is 59.0 Å². The number of hydrogen-bond donors (Lipinski definition) is 1. The summed E-state index contributed by atoms with van der Waals surface area (Å²) >= 11 is 0. The zero-order chi connectivity index (χ0) is 21.8. The van der Waals surface area contributed by atoms with Gasteiger partial charge in [0.15, 0.2) is 5.78 Å². The molecule has 5 heteroatoms. The number of carbonyl (C=O) groups is 2. The molecule has 2 aromatic carbocycles. The quantitative estimate of drug-likeness (QED) is 0.558. The van der Waals surface area contributed by atoms with Crippen LogP contribution in [0.5, 0.6) is 0 Å². The molecule has 1 aliphatic rings. The van der Waals surface area contributed by atoms with Crippen molar-refractivity contribution in [3.05, 3.63) is 87.7 Å². The average molecular weight is 416 g/mol. The Morgan fingerprint density at radius 1 is 1.00 bits per heavy atom. The van der Waals surface area contributed by atoms with Gasteiger partial charge in [0.25, 0.3) is 0 Å². The van der Waals surface area contributed by atoms with E-state index in [0.29, 0.717) is 13.1 Å². The van der Waals surface area contributed by atoms with Crippen LogP contribution in [0.4, 0.5) is 0 Å². The lowest BCUT2D eigenvalue weighted by Gasteiger charge is -2.08. The Morgan fingerprint density at radius 2 is 1.77 bits per heavy atom. The maximum atomic E-state index is 12.5. The van der Waals surface area contributed by atoms with Crippen molar-refractivity contribution < 1.29 is 9.59 Å². The van der Waals surface area contributed by atoms with Gasteiger partial charge in [-0.25, -0.2) is 0 Å². The Hall–Kier alpha value is -3.21. The van der Waals surface area contributed by atoms with E-state index < -0.39 is 0 Å². The molecule has 1 aromatic heterocycles. The molecule has 0 aliphatic heterocycles. The zero-order valence-corrected chi connectivity index (χ0v) is 18.3.